The molecule has 1 aromatic carbocycles. The fourth-order valence-electron chi connectivity index (χ4n) is 3.95. The Labute approximate surface area is 149 Å². The number of hydrogen-bond donors (Lipinski definition) is 2. The van der Waals surface area contributed by atoms with Crippen molar-refractivity contribution >= 4 is 27.2 Å². The lowest BCUT2D eigenvalue weighted by Gasteiger charge is -2.37. The van der Waals surface area contributed by atoms with Crippen molar-refractivity contribution in [2.24, 2.45) is 0 Å². The first kappa shape index (κ1) is 15.0. The van der Waals surface area contributed by atoms with Gasteiger partial charge < -0.3 is 15.2 Å². The Bertz CT molecular complexity index is 969. The van der Waals surface area contributed by atoms with E-state index in [2.05, 4.69) is 15.5 Å². The molecule has 0 bridgehead atoms. The van der Waals surface area contributed by atoms with Crippen LogP contribution in [0.4, 0.5) is 5.82 Å². The highest BCUT2D eigenvalue weighted by molar-refractivity contribution is 7.17. The lowest BCUT2D eigenvalue weighted by molar-refractivity contribution is 0.129. The molecule has 2 N–H and O–H groups in total. The molecular weight excluding hydrogens is 334 g/mol. The van der Waals surface area contributed by atoms with E-state index in [0.29, 0.717) is 17.3 Å². The van der Waals surface area contributed by atoms with E-state index >= 15 is 0 Å². The molecule has 3 heterocycles. The zero-order valence-corrected chi connectivity index (χ0v) is 14.8. The van der Waals surface area contributed by atoms with Crippen molar-refractivity contribution in [3.63, 3.8) is 0 Å². The standard InChI is InChI=1S/C19H19N3O2S/c1-10-16(12-6-7-15-11(17(12)23)8-9-25-15)21-22-19-18(10)24-14-5-3-2-4-13(14)20-19/h6-9,13-14,23H,2-5H2,1H3,(H,20,22)/t13-,14-/m1/s1. The predicted octanol–water partition coefficient (Wildman–Crippen LogP) is 4.49. The van der Waals surface area contributed by atoms with Crippen LogP contribution in [-0.4, -0.2) is 27.4 Å². The summed E-state index contributed by atoms with van der Waals surface area (Å²) in [6.45, 7) is 1.99. The maximum atomic E-state index is 10.7. The fourth-order valence-corrected chi connectivity index (χ4v) is 4.74. The topological polar surface area (TPSA) is 67.3 Å². The molecule has 2 aliphatic rings. The Hall–Kier alpha value is -2.34. The van der Waals surface area contributed by atoms with Crippen molar-refractivity contribution in [2.75, 3.05) is 5.32 Å². The summed E-state index contributed by atoms with van der Waals surface area (Å²) >= 11 is 1.61. The third-order valence-electron chi connectivity index (χ3n) is 5.32. The summed E-state index contributed by atoms with van der Waals surface area (Å²) in [6, 6.07) is 6.20. The molecule has 1 fully saturated rings. The summed E-state index contributed by atoms with van der Waals surface area (Å²) in [4.78, 5) is 0. The molecule has 0 saturated heterocycles. The molecule has 0 amide bonds. The largest absolute Gasteiger partial charge is 0.507 e. The van der Waals surface area contributed by atoms with E-state index in [-0.39, 0.29) is 11.9 Å². The van der Waals surface area contributed by atoms with Crippen molar-refractivity contribution in [3.05, 3.63) is 29.1 Å². The smallest absolute Gasteiger partial charge is 0.191 e. The number of nitrogens with one attached hydrogen (secondary N) is 1. The molecule has 1 aliphatic heterocycles. The number of rotatable bonds is 1. The van der Waals surface area contributed by atoms with Crippen LogP contribution in [0.25, 0.3) is 21.3 Å². The predicted molar refractivity (Wildman–Crippen MR) is 99.5 cm³/mol. The van der Waals surface area contributed by atoms with Crippen molar-refractivity contribution in [1.82, 2.24) is 10.2 Å². The van der Waals surface area contributed by atoms with Crippen LogP contribution in [0.5, 0.6) is 11.5 Å². The summed E-state index contributed by atoms with van der Waals surface area (Å²) in [5.74, 6) is 1.76. The van der Waals surface area contributed by atoms with E-state index in [1.165, 1.54) is 12.8 Å². The Kier molecular flexibility index (Phi) is 3.35. The van der Waals surface area contributed by atoms with E-state index in [1.807, 2.05) is 30.5 Å². The Morgan fingerprint density at radius 1 is 1.20 bits per heavy atom. The number of aromatic hydroxyl groups is 1. The normalized spacial score (nSPS) is 22.0. The SMILES string of the molecule is Cc1c(-c2ccc3sccc3c2O)nnc2c1O[C@@H]1CCCC[C@H]1N2. The van der Waals surface area contributed by atoms with Gasteiger partial charge in [-0.1, -0.05) is 6.42 Å². The first-order chi connectivity index (χ1) is 12.2. The summed E-state index contributed by atoms with van der Waals surface area (Å²) in [7, 11) is 0. The van der Waals surface area contributed by atoms with Crippen LogP contribution >= 0.6 is 11.3 Å². The van der Waals surface area contributed by atoms with Crippen LogP contribution < -0.4 is 10.1 Å². The fraction of sp³-hybridized carbons (Fsp3) is 0.368. The van der Waals surface area contributed by atoms with Crippen LogP contribution in [0.1, 0.15) is 31.2 Å². The number of hydrogen-bond acceptors (Lipinski definition) is 6. The van der Waals surface area contributed by atoms with Gasteiger partial charge in [-0.2, -0.15) is 0 Å². The van der Waals surface area contributed by atoms with E-state index in [0.717, 1.165) is 40.1 Å². The summed E-state index contributed by atoms with van der Waals surface area (Å²) in [5, 5.41) is 25.8. The highest BCUT2D eigenvalue weighted by Crippen LogP contribution is 2.43. The first-order valence-corrected chi connectivity index (χ1v) is 9.60. The number of thiophene rings is 1. The molecule has 0 spiro atoms. The van der Waals surface area contributed by atoms with Gasteiger partial charge in [-0.15, -0.1) is 21.5 Å². The molecular formula is C19H19N3O2S. The van der Waals surface area contributed by atoms with E-state index < -0.39 is 0 Å². The third kappa shape index (κ3) is 2.28. The van der Waals surface area contributed by atoms with Crippen LogP contribution in [0, 0.1) is 6.92 Å². The van der Waals surface area contributed by atoms with Gasteiger partial charge >= 0.3 is 0 Å². The summed E-state index contributed by atoms with van der Waals surface area (Å²) < 4.78 is 7.36. The lowest BCUT2D eigenvalue weighted by Crippen LogP contribution is -2.44. The highest BCUT2D eigenvalue weighted by atomic mass is 32.1. The van der Waals surface area contributed by atoms with Crippen molar-refractivity contribution in [1.29, 1.82) is 0 Å². The molecule has 0 unspecified atom stereocenters. The Balaban J connectivity index is 1.62. The molecule has 25 heavy (non-hydrogen) atoms. The lowest BCUT2D eigenvalue weighted by atomic mass is 9.91. The Morgan fingerprint density at radius 2 is 2.08 bits per heavy atom. The molecule has 0 radical (unpaired) electrons. The summed E-state index contributed by atoms with van der Waals surface area (Å²) in [6.07, 6.45) is 4.82. The second-order valence-electron chi connectivity index (χ2n) is 6.84. The second-order valence-corrected chi connectivity index (χ2v) is 7.78. The van der Waals surface area contributed by atoms with E-state index in [4.69, 9.17) is 4.74 Å². The van der Waals surface area contributed by atoms with Gasteiger partial charge in [0.25, 0.3) is 0 Å². The quantitative estimate of drug-likeness (QED) is 0.675. The number of anilines is 1. The molecule has 5 rings (SSSR count). The van der Waals surface area contributed by atoms with Crippen molar-refractivity contribution in [3.8, 4) is 22.8 Å². The van der Waals surface area contributed by atoms with E-state index in [9.17, 15) is 5.11 Å². The van der Waals surface area contributed by atoms with Gasteiger partial charge in [0.15, 0.2) is 11.6 Å². The van der Waals surface area contributed by atoms with Crippen LogP contribution in [-0.2, 0) is 0 Å². The maximum Gasteiger partial charge on any atom is 0.191 e. The van der Waals surface area contributed by atoms with Gasteiger partial charge in [0.1, 0.15) is 17.5 Å². The van der Waals surface area contributed by atoms with Crippen molar-refractivity contribution in [2.45, 2.75) is 44.8 Å². The number of aromatic nitrogens is 2. The van der Waals surface area contributed by atoms with Gasteiger partial charge in [-0.25, -0.2) is 0 Å². The minimum Gasteiger partial charge on any atom is -0.507 e. The molecule has 6 heteroatoms. The Morgan fingerprint density at radius 3 is 3.00 bits per heavy atom. The van der Waals surface area contributed by atoms with Gasteiger partial charge in [0.05, 0.1) is 6.04 Å². The molecule has 3 aromatic rings. The monoisotopic (exact) mass is 353 g/mol. The van der Waals surface area contributed by atoms with Crippen LogP contribution in [0.15, 0.2) is 23.6 Å². The number of ether oxygens (including phenoxy) is 1. The van der Waals surface area contributed by atoms with Crippen molar-refractivity contribution < 1.29 is 9.84 Å². The average Bonchev–Trinajstić information content (AvgIpc) is 3.11. The number of nitrogens with zero attached hydrogens (tertiary/aromatic N) is 2. The number of fused-ring (bicyclic) bond motifs is 3. The zero-order valence-electron chi connectivity index (χ0n) is 14.0. The number of benzene rings is 1. The number of phenolic OH excluding ortho intramolecular Hbond substituents is 1. The average molecular weight is 353 g/mol. The molecule has 2 aromatic heterocycles. The van der Waals surface area contributed by atoms with Crippen LogP contribution in [0.3, 0.4) is 0 Å². The summed E-state index contributed by atoms with van der Waals surface area (Å²) in [5.41, 5.74) is 2.31. The minimum atomic E-state index is 0.199. The van der Waals surface area contributed by atoms with Gasteiger partial charge in [-0.3, -0.25) is 0 Å². The molecule has 128 valence electrons. The van der Waals surface area contributed by atoms with Gasteiger partial charge in [-0.05, 0) is 49.8 Å². The van der Waals surface area contributed by atoms with Crippen LogP contribution in [0.2, 0.25) is 0 Å². The molecule has 1 aliphatic carbocycles. The van der Waals surface area contributed by atoms with Gasteiger partial charge in [0, 0.05) is 21.2 Å². The maximum absolute atomic E-state index is 10.7. The molecule has 1 saturated carbocycles. The minimum absolute atomic E-state index is 0.199. The zero-order chi connectivity index (χ0) is 17.0. The third-order valence-corrected chi connectivity index (χ3v) is 6.20. The highest BCUT2D eigenvalue weighted by Gasteiger charge is 2.34. The first-order valence-electron chi connectivity index (χ1n) is 8.72. The van der Waals surface area contributed by atoms with Gasteiger partial charge in [0.2, 0.25) is 0 Å². The van der Waals surface area contributed by atoms with E-state index in [1.54, 1.807) is 11.3 Å². The molecule has 2 atom stereocenters. The second kappa shape index (κ2) is 5.59. The number of phenols is 1. The molecule has 5 nitrogen and oxygen atoms in total.